The highest BCUT2D eigenvalue weighted by molar-refractivity contribution is 7.80. The molecule has 1 aliphatic rings. The van der Waals surface area contributed by atoms with Gasteiger partial charge in [0.25, 0.3) is 0 Å². The molecular formula is C12H12N4OS. The third-order valence-corrected chi connectivity index (χ3v) is 2.98. The first-order valence-corrected chi connectivity index (χ1v) is 5.74. The third kappa shape index (κ3) is 2.26. The van der Waals surface area contributed by atoms with Crippen LogP contribution >= 0.6 is 12.2 Å². The molecule has 0 bridgehead atoms. The molecule has 0 saturated heterocycles. The van der Waals surface area contributed by atoms with Crippen molar-refractivity contribution in [1.82, 2.24) is 5.32 Å². The molecule has 3 N–H and O–H groups in total. The number of amidine groups is 1. The summed E-state index contributed by atoms with van der Waals surface area (Å²) in [5.41, 5.74) is 6.66. The lowest BCUT2D eigenvalue weighted by Crippen LogP contribution is -2.43. The van der Waals surface area contributed by atoms with Crippen molar-refractivity contribution in [2.24, 2.45) is 16.6 Å². The third-order valence-electron chi connectivity index (χ3n) is 2.78. The predicted octanol–water partition coefficient (Wildman–Crippen LogP) is 1.12. The molecule has 1 heterocycles. The molecule has 0 aliphatic carbocycles. The van der Waals surface area contributed by atoms with Gasteiger partial charge in [0.2, 0.25) is 0 Å². The Morgan fingerprint density at radius 1 is 1.44 bits per heavy atom. The van der Waals surface area contributed by atoms with E-state index in [9.17, 15) is 0 Å². The fourth-order valence-corrected chi connectivity index (χ4v) is 2.07. The highest BCUT2D eigenvalue weighted by Gasteiger charge is 2.30. The van der Waals surface area contributed by atoms with E-state index in [1.807, 2.05) is 24.3 Å². The Hall–Kier alpha value is -2.13. The zero-order chi connectivity index (χ0) is 13.1. The topological polar surface area (TPSA) is 83.4 Å². The minimum atomic E-state index is -0.523. The standard InChI is InChI=1S/C12H12N4OS/c1-17-8-4-2-7(3-5-8)10-9(6-13)11(14)16-12(18)15-10/h2-5,9-10H,1H3,(H3,14,15,16,18). The lowest BCUT2D eigenvalue weighted by molar-refractivity contribution is 0.414. The maximum Gasteiger partial charge on any atom is 0.194 e. The molecule has 92 valence electrons. The molecule has 2 rings (SSSR count). The van der Waals surface area contributed by atoms with Crippen LogP contribution in [0.4, 0.5) is 0 Å². The maximum absolute atomic E-state index is 9.16. The van der Waals surface area contributed by atoms with Crippen molar-refractivity contribution in [2.75, 3.05) is 7.11 Å². The molecule has 18 heavy (non-hydrogen) atoms. The highest BCUT2D eigenvalue weighted by atomic mass is 32.1. The normalized spacial score (nSPS) is 22.7. The number of nitriles is 1. The highest BCUT2D eigenvalue weighted by Crippen LogP contribution is 2.26. The summed E-state index contributed by atoms with van der Waals surface area (Å²) in [6.45, 7) is 0. The Morgan fingerprint density at radius 3 is 2.67 bits per heavy atom. The first-order chi connectivity index (χ1) is 8.65. The first kappa shape index (κ1) is 12.3. The summed E-state index contributed by atoms with van der Waals surface area (Å²) in [5.74, 6) is 0.486. The first-order valence-electron chi connectivity index (χ1n) is 5.34. The van der Waals surface area contributed by atoms with Gasteiger partial charge in [-0.25, -0.2) is 4.99 Å². The van der Waals surface area contributed by atoms with Crippen LogP contribution in [0.25, 0.3) is 0 Å². The number of nitrogens with zero attached hydrogens (tertiary/aromatic N) is 2. The van der Waals surface area contributed by atoms with Gasteiger partial charge >= 0.3 is 0 Å². The van der Waals surface area contributed by atoms with E-state index in [-0.39, 0.29) is 11.9 Å². The van der Waals surface area contributed by atoms with E-state index in [2.05, 4.69) is 16.4 Å². The summed E-state index contributed by atoms with van der Waals surface area (Å²) < 4.78 is 5.09. The van der Waals surface area contributed by atoms with Gasteiger partial charge in [0.05, 0.1) is 19.2 Å². The van der Waals surface area contributed by atoms with Gasteiger partial charge in [-0.05, 0) is 29.9 Å². The van der Waals surface area contributed by atoms with Crippen LogP contribution in [0.15, 0.2) is 29.3 Å². The van der Waals surface area contributed by atoms with E-state index < -0.39 is 5.92 Å². The van der Waals surface area contributed by atoms with Gasteiger partial charge in [0.15, 0.2) is 5.11 Å². The molecule has 0 saturated carbocycles. The molecule has 0 amide bonds. The van der Waals surface area contributed by atoms with E-state index in [4.69, 9.17) is 28.0 Å². The fourth-order valence-electron chi connectivity index (χ4n) is 1.83. The van der Waals surface area contributed by atoms with E-state index in [0.29, 0.717) is 5.11 Å². The van der Waals surface area contributed by atoms with Crippen molar-refractivity contribution in [3.8, 4) is 11.8 Å². The molecule has 0 fully saturated rings. The van der Waals surface area contributed by atoms with Gasteiger partial charge in [-0.3, -0.25) is 0 Å². The SMILES string of the molecule is COc1ccc(C2NC(=S)N=C(N)C2C#N)cc1. The second-order valence-corrected chi connectivity index (χ2v) is 4.23. The molecule has 0 radical (unpaired) electrons. The molecule has 1 aromatic rings. The van der Waals surface area contributed by atoms with E-state index in [0.717, 1.165) is 11.3 Å². The number of aliphatic imine (C=N–C) groups is 1. The molecule has 5 nitrogen and oxygen atoms in total. The van der Waals surface area contributed by atoms with Crippen LogP contribution in [-0.4, -0.2) is 18.1 Å². The van der Waals surface area contributed by atoms with Crippen molar-refractivity contribution in [1.29, 1.82) is 5.26 Å². The van der Waals surface area contributed by atoms with E-state index in [1.165, 1.54) is 0 Å². The molecule has 0 spiro atoms. The molecule has 2 unspecified atom stereocenters. The summed E-state index contributed by atoms with van der Waals surface area (Å²) in [5, 5.41) is 12.5. The fraction of sp³-hybridized carbons (Fsp3) is 0.250. The Morgan fingerprint density at radius 2 is 2.11 bits per heavy atom. The average Bonchev–Trinajstić information content (AvgIpc) is 2.38. The monoisotopic (exact) mass is 260 g/mol. The Balaban J connectivity index is 2.34. The summed E-state index contributed by atoms with van der Waals surface area (Å²) in [7, 11) is 1.60. The molecular weight excluding hydrogens is 248 g/mol. The van der Waals surface area contributed by atoms with Crippen LogP contribution in [-0.2, 0) is 0 Å². The molecule has 1 aliphatic heterocycles. The summed E-state index contributed by atoms with van der Waals surface area (Å²) in [6.07, 6.45) is 0. The number of thiocarbonyl (C=S) groups is 1. The second kappa shape index (κ2) is 5.02. The summed E-state index contributed by atoms with van der Waals surface area (Å²) in [4.78, 5) is 3.91. The second-order valence-electron chi connectivity index (χ2n) is 3.84. The number of methoxy groups -OCH3 is 1. The van der Waals surface area contributed by atoms with Gasteiger partial charge in [-0.15, -0.1) is 0 Å². The number of hydrogen-bond acceptors (Lipinski definition) is 4. The Bertz CT molecular complexity index is 532. The van der Waals surface area contributed by atoms with Crippen molar-refractivity contribution in [3.05, 3.63) is 29.8 Å². The van der Waals surface area contributed by atoms with Gasteiger partial charge in [-0.1, -0.05) is 12.1 Å². The van der Waals surface area contributed by atoms with Crippen LogP contribution in [0, 0.1) is 17.2 Å². The van der Waals surface area contributed by atoms with Crippen LogP contribution in [0.3, 0.4) is 0 Å². The number of benzene rings is 1. The predicted molar refractivity (Wildman–Crippen MR) is 72.2 cm³/mol. The van der Waals surface area contributed by atoms with Crippen molar-refractivity contribution in [3.63, 3.8) is 0 Å². The van der Waals surface area contributed by atoms with E-state index >= 15 is 0 Å². The van der Waals surface area contributed by atoms with Gasteiger partial charge in [-0.2, -0.15) is 5.26 Å². The maximum atomic E-state index is 9.16. The molecule has 0 aromatic heterocycles. The van der Waals surface area contributed by atoms with Crippen LogP contribution < -0.4 is 15.8 Å². The molecule has 6 heteroatoms. The number of nitrogens with one attached hydrogen (secondary N) is 1. The largest absolute Gasteiger partial charge is 0.497 e. The summed E-state index contributed by atoms with van der Waals surface area (Å²) in [6, 6.07) is 9.28. The number of hydrogen-bond donors (Lipinski definition) is 2. The van der Waals surface area contributed by atoms with Crippen LogP contribution in [0.2, 0.25) is 0 Å². The lowest BCUT2D eigenvalue weighted by Gasteiger charge is -2.27. The minimum Gasteiger partial charge on any atom is -0.497 e. The zero-order valence-corrected chi connectivity index (χ0v) is 10.6. The average molecular weight is 260 g/mol. The van der Waals surface area contributed by atoms with E-state index in [1.54, 1.807) is 7.11 Å². The van der Waals surface area contributed by atoms with Gasteiger partial charge < -0.3 is 15.8 Å². The number of rotatable bonds is 2. The quantitative estimate of drug-likeness (QED) is 0.779. The molecule has 1 aromatic carbocycles. The Kier molecular flexibility index (Phi) is 3.44. The van der Waals surface area contributed by atoms with Crippen molar-refractivity contribution >= 4 is 23.2 Å². The number of ether oxygens (including phenoxy) is 1. The Labute approximate surface area is 110 Å². The number of nitrogens with two attached hydrogens (primary N) is 1. The van der Waals surface area contributed by atoms with Crippen molar-refractivity contribution < 1.29 is 4.74 Å². The van der Waals surface area contributed by atoms with Gasteiger partial charge in [0, 0.05) is 0 Å². The smallest absolute Gasteiger partial charge is 0.194 e. The minimum absolute atomic E-state index is 0.252. The van der Waals surface area contributed by atoms with Crippen molar-refractivity contribution in [2.45, 2.75) is 6.04 Å². The summed E-state index contributed by atoms with van der Waals surface area (Å²) >= 11 is 5.00. The molecule has 2 atom stereocenters. The van der Waals surface area contributed by atoms with Crippen LogP contribution in [0.5, 0.6) is 5.75 Å². The van der Waals surface area contributed by atoms with Crippen LogP contribution in [0.1, 0.15) is 11.6 Å². The van der Waals surface area contributed by atoms with Gasteiger partial charge in [0.1, 0.15) is 17.5 Å². The zero-order valence-electron chi connectivity index (χ0n) is 9.75. The lowest BCUT2D eigenvalue weighted by atomic mass is 9.92.